The number of carbonyl (C=O) groups excluding carboxylic acids is 2. The standard InChI is InChI=1S/C19H20N2O3/c1-13-5-2-3-8-16(13)19(9-10-19)21-18(23)14-6-4-7-15(11-14)24-12-17(20)22/h2-8,11H,9-10,12H2,1H3,(H2,20,22)(H,21,23). The topological polar surface area (TPSA) is 81.4 Å². The summed E-state index contributed by atoms with van der Waals surface area (Å²) in [6.07, 6.45) is 1.86. The van der Waals surface area contributed by atoms with E-state index < -0.39 is 5.91 Å². The highest BCUT2D eigenvalue weighted by Gasteiger charge is 2.46. The van der Waals surface area contributed by atoms with Gasteiger partial charge in [-0.2, -0.15) is 0 Å². The number of nitrogens with one attached hydrogen (secondary N) is 1. The van der Waals surface area contributed by atoms with E-state index in [0.29, 0.717) is 11.3 Å². The van der Waals surface area contributed by atoms with Gasteiger partial charge >= 0.3 is 0 Å². The van der Waals surface area contributed by atoms with Gasteiger partial charge < -0.3 is 15.8 Å². The minimum absolute atomic E-state index is 0.153. The van der Waals surface area contributed by atoms with Gasteiger partial charge in [-0.3, -0.25) is 9.59 Å². The van der Waals surface area contributed by atoms with E-state index in [2.05, 4.69) is 24.4 Å². The Morgan fingerprint density at radius 3 is 2.58 bits per heavy atom. The molecule has 2 aromatic carbocycles. The van der Waals surface area contributed by atoms with Crippen LogP contribution in [0.4, 0.5) is 0 Å². The van der Waals surface area contributed by atoms with Gasteiger partial charge in [-0.05, 0) is 49.1 Å². The summed E-state index contributed by atoms with van der Waals surface area (Å²) in [7, 11) is 0. The highest BCUT2D eigenvalue weighted by molar-refractivity contribution is 5.95. The Morgan fingerprint density at radius 1 is 1.17 bits per heavy atom. The van der Waals surface area contributed by atoms with E-state index >= 15 is 0 Å². The Bertz CT molecular complexity index is 782. The molecule has 1 aliphatic carbocycles. The van der Waals surface area contributed by atoms with Gasteiger partial charge in [0.05, 0.1) is 5.54 Å². The Kier molecular flexibility index (Phi) is 4.25. The van der Waals surface area contributed by atoms with E-state index in [0.717, 1.165) is 12.8 Å². The number of rotatable bonds is 6. The number of ether oxygens (including phenoxy) is 1. The third kappa shape index (κ3) is 3.40. The van der Waals surface area contributed by atoms with E-state index in [-0.39, 0.29) is 18.1 Å². The maximum atomic E-state index is 12.6. The van der Waals surface area contributed by atoms with Crippen LogP contribution in [-0.4, -0.2) is 18.4 Å². The number of amides is 2. The second-order valence-corrected chi connectivity index (χ2v) is 6.13. The third-order valence-electron chi connectivity index (χ3n) is 4.24. The molecule has 5 heteroatoms. The van der Waals surface area contributed by atoms with Crippen molar-refractivity contribution < 1.29 is 14.3 Å². The molecule has 3 N–H and O–H groups in total. The minimum Gasteiger partial charge on any atom is -0.484 e. The molecule has 0 radical (unpaired) electrons. The lowest BCUT2D eigenvalue weighted by Gasteiger charge is -2.20. The summed E-state index contributed by atoms with van der Waals surface area (Å²) in [6, 6.07) is 14.9. The first-order chi connectivity index (χ1) is 11.5. The second-order valence-electron chi connectivity index (χ2n) is 6.13. The van der Waals surface area contributed by atoms with Gasteiger partial charge in [0.1, 0.15) is 5.75 Å². The molecule has 2 aromatic rings. The largest absolute Gasteiger partial charge is 0.484 e. The molecule has 0 aromatic heterocycles. The predicted octanol–water partition coefficient (Wildman–Crippen LogP) is 2.28. The molecule has 0 bridgehead atoms. The van der Waals surface area contributed by atoms with Crippen molar-refractivity contribution in [1.29, 1.82) is 0 Å². The van der Waals surface area contributed by atoms with Crippen molar-refractivity contribution in [2.75, 3.05) is 6.61 Å². The molecule has 0 aliphatic heterocycles. The molecule has 0 saturated heterocycles. The zero-order chi connectivity index (χ0) is 17.2. The molecule has 3 rings (SSSR count). The number of primary amides is 1. The molecule has 2 amide bonds. The summed E-state index contributed by atoms with van der Waals surface area (Å²) >= 11 is 0. The SMILES string of the molecule is Cc1ccccc1C1(NC(=O)c2cccc(OCC(N)=O)c2)CC1. The van der Waals surface area contributed by atoms with Crippen LogP contribution >= 0.6 is 0 Å². The Hall–Kier alpha value is -2.82. The van der Waals surface area contributed by atoms with Crippen molar-refractivity contribution in [2.24, 2.45) is 5.73 Å². The molecule has 0 spiro atoms. The van der Waals surface area contributed by atoms with Crippen LogP contribution in [-0.2, 0) is 10.3 Å². The first-order valence-corrected chi connectivity index (χ1v) is 7.90. The van der Waals surface area contributed by atoms with Crippen LogP contribution < -0.4 is 15.8 Å². The zero-order valence-electron chi connectivity index (χ0n) is 13.5. The van der Waals surface area contributed by atoms with Gasteiger partial charge in [0.25, 0.3) is 11.8 Å². The van der Waals surface area contributed by atoms with Crippen molar-refractivity contribution in [3.63, 3.8) is 0 Å². The second kappa shape index (κ2) is 6.35. The highest BCUT2D eigenvalue weighted by atomic mass is 16.5. The molecule has 1 fully saturated rings. The smallest absolute Gasteiger partial charge is 0.255 e. The number of nitrogens with two attached hydrogens (primary N) is 1. The lowest BCUT2D eigenvalue weighted by atomic mass is 9.99. The Balaban J connectivity index is 1.75. The monoisotopic (exact) mass is 324 g/mol. The van der Waals surface area contributed by atoms with Gasteiger partial charge in [0.15, 0.2) is 6.61 Å². The number of hydrogen-bond acceptors (Lipinski definition) is 3. The molecule has 1 aliphatic rings. The Labute approximate surface area is 140 Å². The van der Waals surface area contributed by atoms with Gasteiger partial charge in [-0.25, -0.2) is 0 Å². The fourth-order valence-electron chi connectivity index (χ4n) is 2.87. The number of carbonyl (C=O) groups is 2. The molecule has 1 saturated carbocycles. The number of benzene rings is 2. The van der Waals surface area contributed by atoms with Crippen LogP contribution in [0.3, 0.4) is 0 Å². The third-order valence-corrected chi connectivity index (χ3v) is 4.24. The predicted molar refractivity (Wildman–Crippen MR) is 90.7 cm³/mol. The zero-order valence-corrected chi connectivity index (χ0v) is 13.5. The van der Waals surface area contributed by atoms with Gasteiger partial charge in [-0.15, -0.1) is 0 Å². The lowest BCUT2D eigenvalue weighted by Crippen LogP contribution is -2.35. The quantitative estimate of drug-likeness (QED) is 0.855. The number of aryl methyl sites for hydroxylation is 1. The van der Waals surface area contributed by atoms with E-state index in [1.807, 2.05) is 12.1 Å². The normalized spacial score (nSPS) is 14.7. The summed E-state index contributed by atoms with van der Waals surface area (Å²) in [4.78, 5) is 23.4. The summed E-state index contributed by atoms with van der Waals surface area (Å²) in [5, 5.41) is 3.15. The summed E-state index contributed by atoms with van der Waals surface area (Å²) in [5.41, 5.74) is 7.63. The fraction of sp³-hybridized carbons (Fsp3) is 0.263. The van der Waals surface area contributed by atoms with E-state index in [9.17, 15) is 9.59 Å². The molecule has 124 valence electrons. The van der Waals surface area contributed by atoms with Crippen LogP contribution in [0.25, 0.3) is 0 Å². The highest BCUT2D eigenvalue weighted by Crippen LogP contribution is 2.46. The molecular formula is C19H20N2O3. The van der Waals surface area contributed by atoms with Crippen molar-refractivity contribution in [1.82, 2.24) is 5.32 Å². The molecule has 0 heterocycles. The van der Waals surface area contributed by atoms with Crippen molar-refractivity contribution in [2.45, 2.75) is 25.3 Å². The molecular weight excluding hydrogens is 304 g/mol. The van der Waals surface area contributed by atoms with Crippen molar-refractivity contribution >= 4 is 11.8 Å². The summed E-state index contributed by atoms with van der Waals surface area (Å²) in [6.45, 7) is 1.85. The van der Waals surface area contributed by atoms with Crippen LogP contribution in [0.2, 0.25) is 0 Å². The van der Waals surface area contributed by atoms with E-state index in [4.69, 9.17) is 10.5 Å². The van der Waals surface area contributed by atoms with Crippen LogP contribution in [0.5, 0.6) is 5.75 Å². The van der Waals surface area contributed by atoms with Crippen LogP contribution in [0, 0.1) is 6.92 Å². The first kappa shape index (κ1) is 16.1. The number of hydrogen-bond donors (Lipinski definition) is 2. The molecule has 5 nitrogen and oxygen atoms in total. The van der Waals surface area contributed by atoms with Crippen LogP contribution in [0.15, 0.2) is 48.5 Å². The fourth-order valence-corrected chi connectivity index (χ4v) is 2.87. The lowest BCUT2D eigenvalue weighted by molar-refractivity contribution is -0.119. The van der Waals surface area contributed by atoms with Crippen LogP contribution in [0.1, 0.15) is 34.3 Å². The molecule has 24 heavy (non-hydrogen) atoms. The minimum atomic E-state index is -0.554. The van der Waals surface area contributed by atoms with Gasteiger partial charge in [-0.1, -0.05) is 30.3 Å². The van der Waals surface area contributed by atoms with E-state index in [1.165, 1.54) is 11.1 Å². The first-order valence-electron chi connectivity index (χ1n) is 7.90. The summed E-state index contributed by atoms with van der Waals surface area (Å²) < 4.78 is 5.25. The average Bonchev–Trinajstić information content (AvgIpc) is 3.34. The van der Waals surface area contributed by atoms with Crippen molar-refractivity contribution in [3.05, 3.63) is 65.2 Å². The molecule has 0 unspecified atom stereocenters. The maximum absolute atomic E-state index is 12.6. The van der Waals surface area contributed by atoms with E-state index in [1.54, 1.807) is 24.3 Å². The maximum Gasteiger partial charge on any atom is 0.255 e. The van der Waals surface area contributed by atoms with Gasteiger partial charge in [0, 0.05) is 5.56 Å². The average molecular weight is 324 g/mol. The molecule has 0 atom stereocenters. The van der Waals surface area contributed by atoms with Gasteiger partial charge in [0.2, 0.25) is 0 Å². The Morgan fingerprint density at radius 2 is 1.92 bits per heavy atom. The summed E-state index contributed by atoms with van der Waals surface area (Å²) in [5.74, 6) is -0.260. The van der Waals surface area contributed by atoms with Crippen molar-refractivity contribution in [3.8, 4) is 5.75 Å².